The molecule has 19 heavy (non-hydrogen) atoms. The quantitative estimate of drug-likeness (QED) is 0.629. The second kappa shape index (κ2) is 15.5. The van der Waals surface area contributed by atoms with Crippen molar-refractivity contribution in [2.45, 2.75) is 72.6 Å². The molecule has 0 aromatic carbocycles. The van der Waals surface area contributed by atoms with Gasteiger partial charge in [0, 0.05) is 20.1 Å². The summed E-state index contributed by atoms with van der Waals surface area (Å²) in [5, 5.41) is 11.8. The lowest BCUT2D eigenvalue weighted by molar-refractivity contribution is -0.120. The van der Waals surface area contributed by atoms with Crippen LogP contribution in [-0.2, 0) is 4.79 Å². The van der Waals surface area contributed by atoms with Crippen molar-refractivity contribution in [3.05, 3.63) is 0 Å². The van der Waals surface area contributed by atoms with Crippen LogP contribution in [0.4, 0.5) is 0 Å². The molecule has 0 aromatic rings. The Morgan fingerprint density at radius 1 is 1.11 bits per heavy atom. The summed E-state index contributed by atoms with van der Waals surface area (Å²) >= 11 is 0. The van der Waals surface area contributed by atoms with Gasteiger partial charge in [-0.1, -0.05) is 47.0 Å². The molecule has 0 spiro atoms. The van der Waals surface area contributed by atoms with Gasteiger partial charge in [0.15, 0.2) is 0 Å². The van der Waals surface area contributed by atoms with Crippen molar-refractivity contribution in [1.82, 2.24) is 5.32 Å². The second-order valence-corrected chi connectivity index (χ2v) is 5.65. The second-order valence-electron chi connectivity index (χ2n) is 5.65. The first-order valence-electron chi connectivity index (χ1n) is 7.83. The number of unbranched alkanes of at least 4 members (excludes halogenated alkanes) is 1. The number of amides is 1. The zero-order valence-electron chi connectivity index (χ0n) is 13.7. The van der Waals surface area contributed by atoms with Crippen molar-refractivity contribution < 1.29 is 9.90 Å². The summed E-state index contributed by atoms with van der Waals surface area (Å²) in [4.78, 5) is 11.0. The van der Waals surface area contributed by atoms with Crippen molar-refractivity contribution in [2.75, 3.05) is 13.7 Å². The summed E-state index contributed by atoms with van der Waals surface area (Å²) in [5.74, 6) is 1.25. The van der Waals surface area contributed by atoms with Gasteiger partial charge in [-0.05, 0) is 31.1 Å². The molecule has 1 amide bonds. The van der Waals surface area contributed by atoms with Gasteiger partial charge in [0.05, 0.1) is 0 Å². The Morgan fingerprint density at radius 2 is 1.68 bits per heavy atom. The number of hydrogen-bond donors (Lipinski definition) is 2. The van der Waals surface area contributed by atoms with Crippen molar-refractivity contribution >= 4 is 5.91 Å². The summed E-state index contributed by atoms with van der Waals surface area (Å²) in [6, 6.07) is 0. The molecule has 116 valence electrons. The monoisotopic (exact) mass is 273 g/mol. The Balaban J connectivity index is 0. The molecule has 0 aromatic heterocycles. The molecule has 0 radical (unpaired) electrons. The van der Waals surface area contributed by atoms with Gasteiger partial charge in [-0.2, -0.15) is 0 Å². The summed E-state index contributed by atoms with van der Waals surface area (Å²) in [6.45, 7) is 8.95. The lowest BCUT2D eigenvalue weighted by Gasteiger charge is -2.15. The Bertz CT molecular complexity index is 193. The first-order chi connectivity index (χ1) is 9.01. The van der Waals surface area contributed by atoms with E-state index < -0.39 is 0 Å². The predicted molar refractivity (Wildman–Crippen MR) is 83.1 cm³/mol. The molecule has 0 saturated heterocycles. The number of hydrogen-bond acceptors (Lipinski definition) is 2. The minimum Gasteiger partial charge on any atom is -0.396 e. The molecule has 2 N–H and O–H groups in total. The van der Waals surface area contributed by atoms with Gasteiger partial charge in [-0.15, -0.1) is 0 Å². The number of aliphatic hydroxyl groups is 1. The first kappa shape index (κ1) is 20.7. The van der Waals surface area contributed by atoms with Crippen molar-refractivity contribution in [3.8, 4) is 0 Å². The van der Waals surface area contributed by atoms with E-state index in [2.05, 4.69) is 33.0 Å². The van der Waals surface area contributed by atoms with E-state index in [0.29, 0.717) is 18.3 Å². The van der Waals surface area contributed by atoms with Crippen LogP contribution in [0.25, 0.3) is 0 Å². The van der Waals surface area contributed by atoms with Crippen molar-refractivity contribution in [3.63, 3.8) is 0 Å². The summed E-state index contributed by atoms with van der Waals surface area (Å²) in [7, 11) is 1.67. The summed E-state index contributed by atoms with van der Waals surface area (Å²) in [6.07, 6.45) is 7.16. The number of rotatable bonds is 9. The third-order valence-corrected chi connectivity index (χ3v) is 2.96. The Hall–Kier alpha value is -0.570. The zero-order valence-corrected chi connectivity index (χ0v) is 13.7. The summed E-state index contributed by atoms with van der Waals surface area (Å²) < 4.78 is 0. The molecular weight excluding hydrogens is 238 g/mol. The van der Waals surface area contributed by atoms with E-state index in [9.17, 15) is 9.90 Å². The third kappa shape index (κ3) is 17.4. The number of carbonyl (C=O) groups excluding carboxylic acids is 1. The Labute approximate surface area is 120 Å². The predicted octanol–water partition coefficient (Wildman–Crippen LogP) is 3.75. The van der Waals surface area contributed by atoms with E-state index in [-0.39, 0.29) is 12.5 Å². The average Bonchev–Trinajstić information content (AvgIpc) is 2.38. The smallest absolute Gasteiger partial charge is 0.219 e. The SMILES string of the molecule is CCC.CNC(=O)CCCCC(CO)CCC(C)C. The van der Waals surface area contributed by atoms with E-state index in [1.165, 1.54) is 12.8 Å². The van der Waals surface area contributed by atoms with Crippen LogP contribution in [0.5, 0.6) is 0 Å². The van der Waals surface area contributed by atoms with E-state index >= 15 is 0 Å². The van der Waals surface area contributed by atoms with Crippen LogP contribution < -0.4 is 5.32 Å². The maximum Gasteiger partial charge on any atom is 0.219 e. The van der Waals surface area contributed by atoms with E-state index in [0.717, 1.165) is 25.7 Å². The molecule has 0 aliphatic heterocycles. The molecule has 1 atom stereocenters. The molecule has 0 fully saturated rings. The number of nitrogens with one attached hydrogen (secondary N) is 1. The first-order valence-corrected chi connectivity index (χ1v) is 7.83. The van der Waals surface area contributed by atoms with Crippen LogP contribution in [0, 0.1) is 11.8 Å². The highest BCUT2D eigenvalue weighted by molar-refractivity contribution is 5.75. The van der Waals surface area contributed by atoms with Gasteiger partial charge >= 0.3 is 0 Å². The van der Waals surface area contributed by atoms with Crippen molar-refractivity contribution in [1.29, 1.82) is 0 Å². The fourth-order valence-electron chi connectivity index (χ4n) is 1.74. The molecule has 0 aliphatic carbocycles. The molecule has 3 nitrogen and oxygen atoms in total. The van der Waals surface area contributed by atoms with Crippen LogP contribution in [0.2, 0.25) is 0 Å². The van der Waals surface area contributed by atoms with Gasteiger partial charge in [-0.3, -0.25) is 4.79 Å². The molecule has 0 rings (SSSR count). The van der Waals surface area contributed by atoms with Gasteiger partial charge in [-0.25, -0.2) is 0 Å². The molecule has 0 saturated carbocycles. The molecule has 1 unspecified atom stereocenters. The fraction of sp³-hybridized carbons (Fsp3) is 0.938. The third-order valence-electron chi connectivity index (χ3n) is 2.96. The fourth-order valence-corrected chi connectivity index (χ4v) is 1.74. The zero-order chi connectivity index (χ0) is 15.1. The van der Waals surface area contributed by atoms with E-state index in [1.54, 1.807) is 7.05 Å². The molecular formula is C16H35NO2. The van der Waals surface area contributed by atoms with Crippen LogP contribution in [0.15, 0.2) is 0 Å². The maximum atomic E-state index is 11.0. The maximum absolute atomic E-state index is 11.0. The molecule has 0 heterocycles. The Morgan fingerprint density at radius 3 is 2.11 bits per heavy atom. The summed E-state index contributed by atoms with van der Waals surface area (Å²) in [5.41, 5.74) is 0. The standard InChI is InChI=1S/C13H27NO2.C3H8/c1-11(2)8-9-12(10-15)6-4-5-7-13(16)14-3;1-3-2/h11-12,15H,4-10H2,1-3H3,(H,14,16);3H2,1-2H3. The van der Waals surface area contributed by atoms with Gasteiger partial charge in [0.1, 0.15) is 0 Å². The van der Waals surface area contributed by atoms with Crippen molar-refractivity contribution in [2.24, 2.45) is 11.8 Å². The highest BCUT2D eigenvalue weighted by Gasteiger charge is 2.08. The largest absolute Gasteiger partial charge is 0.396 e. The van der Waals surface area contributed by atoms with Crippen LogP contribution in [0.3, 0.4) is 0 Å². The van der Waals surface area contributed by atoms with Crippen LogP contribution in [0.1, 0.15) is 72.6 Å². The van der Waals surface area contributed by atoms with Gasteiger partial charge in [0.25, 0.3) is 0 Å². The Kier molecular flexibility index (Phi) is 16.9. The van der Waals surface area contributed by atoms with E-state index in [4.69, 9.17) is 0 Å². The highest BCUT2D eigenvalue weighted by Crippen LogP contribution is 2.18. The normalized spacial score (nSPS) is 11.7. The molecule has 0 aliphatic rings. The average molecular weight is 273 g/mol. The lowest BCUT2D eigenvalue weighted by atomic mass is 9.93. The van der Waals surface area contributed by atoms with E-state index in [1.807, 2.05) is 0 Å². The van der Waals surface area contributed by atoms with Crippen LogP contribution in [-0.4, -0.2) is 24.7 Å². The number of carbonyl (C=O) groups is 1. The van der Waals surface area contributed by atoms with Gasteiger partial charge < -0.3 is 10.4 Å². The minimum atomic E-state index is 0.114. The molecule has 0 bridgehead atoms. The van der Waals surface area contributed by atoms with Crippen LogP contribution >= 0.6 is 0 Å². The topological polar surface area (TPSA) is 49.3 Å². The highest BCUT2D eigenvalue weighted by atomic mass is 16.3. The number of aliphatic hydroxyl groups excluding tert-OH is 1. The molecule has 3 heteroatoms. The van der Waals surface area contributed by atoms with Gasteiger partial charge in [0.2, 0.25) is 5.91 Å². The minimum absolute atomic E-state index is 0.114. The lowest BCUT2D eigenvalue weighted by Crippen LogP contribution is -2.17.